The molecule has 0 saturated carbocycles. The fraction of sp³-hybridized carbons (Fsp3) is 0.400. The lowest BCUT2D eigenvalue weighted by atomic mass is 10.3. The molecule has 0 atom stereocenters. The second-order valence-electron chi connectivity index (χ2n) is 2.97. The van der Waals surface area contributed by atoms with Gasteiger partial charge in [-0.2, -0.15) is 0 Å². The Morgan fingerprint density at radius 2 is 2.36 bits per heavy atom. The molecule has 2 N–H and O–H groups in total. The third-order valence-corrected chi connectivity index (χ3v) is 1.71. The number of rotatable bonds is 4. The maximum atomic E-state index is 11.1. The van der Waals surface area contributed by atoms with Gasteiger partial charge >= 0.3 is 6.03 Å². The van der Waals surface area contributed by atoms with E-state index in [1.165, 1.54) is 0 Å². The Morgan fingerprint density at radius 1 is 1.50 bits per heavy atom. The number of carbonyl (C=O) groups is 1. The maximum Gasteiger partial charge on any atom is 0.315 e. The minimum Gasteiger partial charge on any atom is -0.338 e. The van der Waals surface area contributed by atoms with E-state index in [-0.39, 0.29) is 6.03 Å². The van der Waals surface area contributed by atoms with Crippen LogP contribution in [-0.2, 0) is 6.54 Å². The highest BCUT2D eigenvalue weighted by atomic mass is 16.2. The summed E-state index contributed by atoms with van der Waals surface area (Å²) in [6.07, 6.45) is 4.39. The number of nitrogens with zero attached hydrogens (tertiary/aromatic N) is 1. The summed E-state index contributed by atoms with van der Waals surface area (Å²) < 4.78 is 0. The van der Waals surface area contributed by atoms with Crippen molar-refractivity contribution >= 4 is 6.03 Å². The van der Waals surface area contributed by atoms with Gasteiger partial charge in [0.25, 0.3) is 0 Å². The van der Waals surface area contributed by atoms with Gasteiger partial charge in [-0.1, -0.05) is 13.0 Å². The van der Waals surface area contributed by atoms with E-state index < -0.39 is 0 Å². The van der Waals surface area contributed by atoms with E-state index in [1.54, 1.807) is 12.4 Å². The molecule has 0 radical (unpaired) electrons. The number of hydrogen-bond donors (Lipinski definition) is 2. The number of hydrogen-bond acceptors (Lipinski definition) is 2. The van der Waals surface area contributed by atoms with E-state index in [0.29, 0.717) is 13.1 Å². The van der Waals surface area contributed by atoms with Gasteiger partial charge in [0, 0.05) is 25.5 Å². The van der Waals surface area contributed by atoms with Crippen molar-refractivity contribution < 1.29 is 4.79 Å². The zero-order valence-corrected chi connectivity index (χ0v) is 8.29. The molecular formula is C10H15N3O. The van der Waals surface area contributed by atoms with Crippen LogP contribution in [0.1, 0.15) is 18.9 Å². The summed E-state index contributed by atoms with van der Waals surface area (Å²) in [5.41, 5.74) is 0.999. The van der Waals surface area contributed by atoms with Gasteiger partial charge in [-0.3, -0.25) is 4.98 Å². The lowest BCUT2D eigenvalue weighted by Gasteiger charge is -2.05. The average molecular weight is 193 g/mol. The SMILES string of the molecule is CCCNC(=O)NCc1cccnc1. The van der Waals surface area contributed by atoms with Gasteiger partial charge in [0.2, 0.25) is 0 Å². The number of urea groups is 1. The molecule has 1 aromatic heterocycles. The molecule has 1 aromatic rings. The van der Waals surface area contributed by atoms with Gasteiger partial charge in [0.1, 0.15) is 0 Å². The van der Waals surface area contributed by atoms with E-state index in [9.17, 15) is 4.79 Å². The summed E-state index contributed by atoms with van der Waals surface area (Å²) in [5, 5.41) is 5.48. The molecule has 0 bridgehead atoms. The Balaban J connectivity index is 2.24. The topological polar surface area (TPSA) is 54.0 Å². The summed E-state index contributed by atoms with van der Waals surface area (Å²) in [4.78, 5) is 15.1. The summed E-state index contributed by atoms with van der Waals surface area (Å²) in [5.74, 6) is 0. The van der Waals surface area contributed by atoms with Crippen molar-refractivity contribution in [2.45, 2.75) is 19.9 Å². The van der Waals surface area contributed by atoms with Gasteiger partial charge in [0.05, 0.1) is 0 Å². The third kappa shape index (κ3) is 3.89. The molecule has 0 aliphatic carbocycles. The minimum atomic E-state index is -0.129. The molecule has 0 aromatic carbocycles. The smallest absolute Gasteiger partial charge is 0.315 e. The lowest BCUT2D eigenvalue weighted by Crippen LogP contribution is -2.35. The summed E-state index contributed by atoms with van der Waals surface area (Å²) in [7, 11) is 0. The molecule has 4 nitrogen and oxygen atoms in total. The fourth-order valence-corrected chi connectivity index (χ4v) is 0.986. The quantitative estimate of drug-likeness (QED) is 0.757. The number of carbonyl (C=O) groups excluding carboxylic acids is 1. The van der Waals surface area contributed by atoms with Crippen molar-refractivity contribution in [2.24, 2.45) is 0 Å². The maximum absolute atomic E-state index is 11.1. The van der Waals surface area contributed by atoms with Gasteiger partial charge in [-0.05, 0) is 18.1 Å². The largest absolute Gasteiger partial charge is 0.338 e. The predicted octanol–water partition coefficient (Wildman–Crippen LogP) is 1.29. The van der Waals surface area contributed by atoms with E-state index in [4.69, 9.17) is 0 Å². The van der Waals surface area contributed by atoms with E-state index in [1.807, 2.05) is 19.1 Å². The Morgan fingerprint density at radius 3 is 3.00 bits per heavy atom. The first-order valence-corrected chi connectivity index (χ1v) is 4.73. The van der Waals surface area contributed by atoms with Crippen LogP contribution in [0.5, 0.6) is 0 Å². The third-order valence-electron chi connectivity index (χ3n) is 1.71. The van der Waals surface area contributed by atoms with Crippen molar-refractivity contribution in [3.8, 4) is 0 Å². The number of amides is 2. The molecule has 0 aliphatic heterocycles. The molecule has 14 heavy (non-hydrogen) atoms. The van der Waals surface area contributed by atoms with Crippen LogP contribution in [0.4, 0.5) is 4.79 Å². The predicted molar refractivity (Wildman–Crippen MR) is 54.8 cm³/mol. The first-order chi connectivity index (χ1) is 6.83. The van der Waals surface area contributed by atoms with Crippen LogP contribution in [0.3, 0.4) is 0 Å². The molecule has 2 amide bonds. The molecule has 0 saturated heterocycles. The highest BCUT2D eigenvalue weighted by molar-refractivity contribution is 5.73. The molecular weight excluding hydrogens is 178 g/mol. The van der Waals surface area contributed by atoms with Crippen molar-refractivity contribution in [3.63, 3.8) is 0 Å². The fourth-order valence-electron chi connectivity index (χ4n) is 0.986. The zero-order valence-electron chi connectivity index (χ0n) is 8.29. The van der Waals surface area contributed by atoms with Crippen molar-refractivity contribution in [1.29, 1.82) is 0 Å². The van der Waals surface area contributed by atoms with Crippen LogP contribution < -0.4 is 10.6 Å². The minimum absolute atomic E-state index is 0.129. The van der Waals surface area contributed by atoms with E-state index in [0.717, 1.165) is 12.0 Å². The van der Waals surface area contributed by atoms with Crippen LogP contribution in [-0.4, -0.2) is 17.6 Å². The molecule has 4 heteroatoms. The molecule has 0 fully saturated rings. The summed E-state index contributed by atoms with van der Waals surface area (Å²) in [6, 6.07) is 3.64. The molecule has 0 unspecified atom stereocenters. The normalized spacial score (nSPS) is 9.50. The summed E-state index contributed by atoms with van der Waals surface area (Å²) >= 11 is 0. The molecule has 0 aliphatic rings. The Bertz CT molecular complexity index is 274. The van der Waals surface area contributed by atoms with Gasteiger partial charge in [-0.15, -0.1) is 0 Å². The highest BCUT2D eigenvalue weighted by Gasteiger charge is 1.97. The van der Waals surface area contributed by atoms with Gasteiger partial charge in [0.15, 0.2) is 0 Å². The van der Waals surface area contributed by atoms with Crippen LogP contribution in [0.25, 0.3) is 0 Å². The number of pyridine rings is 1. The van der Waals surface area contributed by atoms with Crippen LogP contribution in [0.2, 0.25) is 0 Å². The summed E-state index contributed by atoms with van der Waals surface area (Å²) in [6.45, 7) is 3.24. The first kappa shape index (κ1) is 10.5. The van der Waals surface area contributed by atoms with E-state index >= 15 is 0 Å². The van der Waals surface area contributed by atoms with Crippen LogP contribution in [0.15, 0.2) is 24.5 Å². The second-order valence-corrected chi connectivity index (χ2v) is 2.97. The monoisotopic (exact) mass is 193 g/mol. The zero-order chi connectivity index (χ0) is 10.2. The number of nitrogens with one attached hydrogen (secondary N) is 2. The molecule has 1 rings (SSSR count). The van der Waals surface area contributed by atoms with Crippen molar-refractivity contribution in [2.75, 3.05) is 6.54 Å². The Kier molecular flexibility index (Phi) is 4.47. The second kappa shape index (κ2) is 5.96. The van der Waals surface area contributed by atoms with E-state index in [2.05, 4.69) is 15.6 Å². The standard InChI is InChI=1S/C10H15N3O/c1-2-5-12-10(14)13-8-9-4-3-6-11-7-9/h3-4,6-7H,2,5,8H2,1H3,(H2,12,13,14). The Labute approximate surface area is 83.7 Å². The van der Waals surface area contributed by atoms with Crippen molar-refractivity contribution in [1.82, 2.24) is 15.6 Å². The highest BCUT2D eigenvalue weighted by Crippen LogP contribution is 1.93. The van der Waals surface area contributed by atoms with Crippen LogP contribution >= 0.6 is 0 Å². The first-order valence-electron chi connectivity index (χ1n) is 4.73. The lowest BCUT2D eigenvalue weighted by molar-refractivity contribution is 0.240. The number of aromatic nitrogens is 1. The molecule has 1 heterocycles. The molecule has 0 spiro atoms. The van der Waals surface area contributed by atoms with Gasteiger partial charge < -0.3 is 10.6 Å². The van der Waals surface area contributed by atoms with Gasteiger partial charge in [-0.25, -0.2) is 4.79 Å². The Hall–Kier alpha value is -1.58. The molecule has 76 valence electrons. The van der Waals surface area contributed by atoms with Crippen molar-refractivity contribution in [3.05, 3.63) is 30.1 Å². The average Bonchev–Trinajstić information content (AvgIpc) is 2.25. The van der Waals surface area contributed by atoms with Crippen LogP contribution in [0, 0.1) is 0 Å².